The monoisotopic (exact) mass is 376 g/mol. The molecule has 1 fully saturated rings. The summed E-state index contributed by atoms with van der Waals surface area (Å²) in [5.41, 5.74) is 0.211. The van der Waals surface area contributed by atoms with Crippen molar-refractivity contribution in [2.45, 2.75) is 52.6 Å². The highest BCUT2D eigenvalue weighted by molar-refractivity contribution is 5.98. The van der Waals surface area contributed by atoms with Crippen LogP contribution in [0.1, 0.15) is 46.1 Å². The highest BCUT2D eigenvalue weighted by Gasteiger charge is 2.37. The normalized spacial score (nSPS) is 19.7. The van der Waals surface area contributed by atoms with Gasteiger partial charge in [0.15, 0.2) is 11.6 Å². The van der Waals surface area contributed by atoms with Crippen LogP contribution in [0.3, 0.4) is 0 Å². The zero-order valence-electron chi connectivity index (χ0n) is 16.2. The van der Waals surface area contributed by atoms with Crippen LogP contribution in [0.25, 0.3) is 0 Å². The predicted octanol–water partition coefficient (Wildman–Crippen LogP) is 3.10. The van der Waals surface area contributed by atoms with Crippen LogP contribution in [-0.4, -0.2) is 35.3 Å². The Hall–Kier alpha value is -2.42. The van der Waals surface area contributed by atoms with Gasteiger partial charge in [-0.1, -0.05) is 33.6 Å². The van der Waals surface area contributed by atoms with E-state index < -0.39 is 23.6 Å². The van der Waals surface area contributed by atoms with Gasteiger partial charge in [-0.05, 0) is 42.9 Å². The molecule has 2 atom stereocenters. The number of carbonyl (C=O) groups is 2. The second kappa shape index (κ2) is 8.98. The van der Waals surface area contributed by atoms with E-state index in [1.165, 1.54) is 11.0 Å². The molecule has 146 valence electrons. The van der Waals surface area contributed by atoms with Crippen molar-refractivity contribution in [1.29, 1.82) is 0 Å². The molecule has 1 N–H and O–H groups in total. The molecule has 2 amide bonds. The maximum Gasteiger partial charge on any atom is 0.299 e. The van der Waals surface area contributed by atoms with E-state index in [-0.39, 0.29) is 23.4 Å². The maximum absolute atomic E-state index is 13.3. The lowest BCUT2D eigenvalue weighted by Crippen LogP contribution is -2.61. The fraction of sp³-hybridized carbons (Fsp3) is 0.524. The summed E-state index contributed by atoms with van der Waals surface area (Å²) in [5, 5.41) is 3.00. The Balaban J connectivity index is 2.23. The minimum absolute atomic E-state index is 0.116. The maximum atomic E-state index is 13.3. The van der Waals surface area contributed by atoms with E-state index in [2.05, 4.69) is 31.0 Å². The van der Waals surface area contributed by atoms with Gasteiger partial charge in [-0.25, -0.2) is 8.78 Å². The molecule has 0 aliphatic carbocycles. The van der Waals surface area contributed by atoms with Gasteiger partial charge in [0.2, 0.25) is 5.91 Å². The van der Waals surface area contributed by atoms with Gasteiger partial charge in [0, 0.05) is 24.1 Å². The summed E-state index contributed by atoms with van der Waals surface area (Å²) in [4.78, 5) is 26.8. The first kappa shape index (κ1) is 20.9. The fourth-order valence-electron chi connectivity index (χ4n) is 3.23. The first-order chi connectivity index (χ1) is 12.7. The average molecular weight is 376 g/mol. The van der Waals surface area contributed by atoms with E-state index in [0.29, 0.717) is 18.9 Å². The molecule has 0 spiro atoms. The summed E-state index contributed by atoms with van der Waals surface area (Å²) in [6.07, 6.45) is 1.30. The van der Waals surface area contributed by atoms with Gasteiger partial charge in [-0.3, -0.25) is 9.59 Å². The molecule has 6 heteroatoms. The van der Waals surface area contributed by atoms with Crippen LogP contribution in [0, 0.1) is 35.3 Å². The third-order valence-electron chi connectivity index (χ3n) is 4.39. The molecule has 1 saturated heterocycles. The number of amides is 2. The van der Waals surface area contributed by atoms with Gasteiger partial charge >= 0.3 is 0 Å². The van der Waals surface area contributed by atoms with Crippen molar-refractivity contribution in [2.24, 2.45) is 11.8 Å². The van der Waals surface area contributed by atoms with Crippen molar-refractivity contribution in [3.05, 3.63) is 35.4 Å². The van der Waals surface area contributed by atoms with E-state index >= 15 is 0 Å². The number of nitrogens with zero attached hydrogens (tertiary/aromatic N) is 1. The van der Waals surface area contributed by atoms with E-state index in [4.69, 9.17) is 0 Å². The van der Waals surface area contributed by atoms with E-state index in [1.807, 2.05) is 13.8 Å². The molecule has 0 saturated carbocycles. The Morgan fingerprint density at radius 2 is 1.85 bits per heavy atom. The van der Waals surface area contributed by atoms with Gasteiger partial charge in [0.25, 0.3) is 5.91 Å². The largest absolute Gasteiger partial charge is 0.350 e. The Morgan fingerprint density at radius 3 is 2.44 bits per heavy atom. The summed E-state index contributed by atoms with van der Waals surface area (Å²) in [6, 6.07) is 2.55. The first-order valence-electron chi connectivity index (χ1n) is 9.25. The molecule has 1 aromatic carbocycles. The third-order valence-corrected chi connectivity index (χ3v) is 4.39. The molecule has 0 bridgehead atoms. The average Bonchev–Trinajstić information content (AvgIpc) is 2.57. The molecular weight excluding hydrogens is 350 g/mol. The van der Waals surface area contributed by atoms with Crippen LogP contribution in [0.4, 0.5) is 8.78 Å². The molecule has 1 aliphatic heterocycles. The van der Waals surface area contributed by atoms with Gasteiger partial charge in [-0.2, -0.15) is 0 Å². The fourth-order valence-corrected chi connectivity index (χ4v) is 3.23. The number of hydrogen-bond donors (Lipinski definition) is 1. The Kier molecular flexibility index (Phi) is 6.95. The molecule has 27 heavy (non-hydrogen) atoms. The molecule has 0 radical (unpaired) electrons. The minimum Gasteiger partial charge on any atom is -0.350 e. The summed E-state index contributed by atoms with van der Waals surface area (Å²) in [5.74, 6) is 3.05. The molecule has 2 unspecified atom stereocenters. The van der Waals surface area contributed by atoms with Crippen molar-refractivity contribution in [1.82, 2.24) is 10.2 Å². The van der Waals surface area contributed by atoms with Crippen LogP contribution in [0.15, 0.2) is 18.2 Å². The number of carbonyl (C=O) groups excluding carboxylic acids is 2. The molecular formula is C21H26F2N2O2. The van der Waals surface area contributed by atoms with Crippen molar-refractivity contribution in [3.8, 4) is 11.8 Å². The lowest BCUT2D eigenvalue weighted by atomic mass is 9.95. The van der Waals surface area contributed by atoms with Crippen LogP contribution in [-0.2, 0) is 9.59 Å². The van der Waals surface area contributed by atoms with Crippen molar-refractivity contribution < 1.29 is 18.4 Å². The molecule has 4 nitrogen and oxygen atoms in total. The second-order valence-electron chi connectivity index (χ2n) is 7.82. The smallest absolute Gasteiger partial charge is 0.299 e. The Morgan fingerprint density at radius 1 is 1.19 bits per heavy atom. The number of piperazine rings is 1. The predicted molar refractivity (Wildman–Crippen MR) is 99.6 cm³/mol. The Bertz CT molecular complexity index is 765. The number of benzene rings is 1. The topological polar surface area (TPSA) is 49.4 Å². The van der Waals surface area contributed by atoms with Crippen molar-refractivity contribution in [2.75, 3.05) is 6.54 Å². The Labute approximate surface area is 159 Å². The van der Waals surface area contributed by atoms with Crippen LogP contribution in [0.5, 0.6) is 0 Å². The highest BCUT2D eigenvalue weighted by atomic mass is 19.2. The third kappa shape index (κ3) is 5.78. The van der Waals surface area contributed by atoms with Crippen LogP contribution in [0.2, 0.25) is 0 Å². The van der Waals surface area contributed by atoms with Gasteiger partial charge in [0.05, 0.1) is 0 Å². The van der Waals surface area contributed by atoms with Gasteiger partial charge < -0.3 is 10.2 Å². The summed E-state index contributed by atoms with van der Waals surface area (Å²) < 4.78 is 26.3. The number of rotatable bonds is 4. The zero-order chi connectivity index (χ0) is 20.1. The number of nitrogens with one attached hydrogen (secondary N) is 1. The first-order valence-corrected chi connectivity index (χ1v) is 9.25. The molecule has 1 heterocycles. The van der Waals surface area contributed by atoms with Crippen LogP contribution < -0.4 is 5.32 Å². The van der Waals surface area contributed by atoms with Crippen molar-refractivity contribution in [3.63, 3.8) is 0 Å². The number of hydrogen-bond acceptors (Lipinski definition) is 2. The van der Waals surface area contributed by atoms with E-state index in [9.17, 15) is 18.4 Å². The summed E-state index contributed by atoms with van der Waals surface area (Å²) in [7, 11) is 0. The quantitative estimate of drug-likeness (QED) is 0.821. The van der Waals surface area contributed by atoms with Gasteiger partial charge in [0.1, 0.15) is 6.04 Å². The van der Waals surface area contributed by atoms with E-state index in [0.717, 1.165) is 18.6 Å². The summed E-state index contributed by atoms with van der Waals surface area (Å²) >= 11 is 0. The second-order valence-corrected chi connectivity index (χ2v) is 7.82. The van der Waals surface area contributed by atoms with Crippen molar-refractivity contribution >= 4 is 11.8 Å². The molecule has 0 aromatic heterocycles. The standard InChI is InChI=1S/C21H26F2N2O2/c1-13(2)9-16-12-25(19(10-14(3)4)21(27)24-16)20(26)8-6-15-5-7-17(22)18(23)11-15/h5,7,11,13-14,16,19H,9-10,12H2,1-4H3,(H,24,27). The minimum atomic E-state index is -1.01. The zero-order valence-corrected chi connectivity index (χ0v) is 16.2. The molecule has 1 aromatic rings. The SMILES string of the molecule is CC(C)CC1CN(C(=O)C#Cc2ccc(F)c(F)c2)C(CC(C)C)C(=O)N1. The highest BCUT2D eigenvalue weighted by Crippen LogP contribution is 2.19. The lowest BCUT2D eigenvalue weighted by Gasteiger charge is -2.39. The number of halogens is 2. The van der Waals surface area contributed by atoms with E-state index in [1.54, 1.807) is 0 Å². The lowest BCUT2D eigenvalue weighted by molar-refractivity contribution is -0.142. The van der Waals surface area contributed by atoms with Crippen LogP contribution >= 0.6 is 0 Å². The van der Waals surface area contributed by atoms with Gasteiger partial charge in [-0.15, -0.1) is 0 Å². The molecule has 2 rings (SSSR count). The summed E-state index contributed by atoms with van der Waals surface area (Å²) in [6.45, 7) is 8.49. The molecule has 1 aliphatic rings.